The third kappa shape index (κ3) is 3.27. The number of primary amides is 1. The third-order valence-corrected chi connectivity index (χ3v) is 5.79. The number of para-hydroxylation sites is 1. The van der Waals surface area contributed by atoms with Gasteiger partial charge in [0.25, 0.3) is 0 Å². The molecule has 28 heavy (non-hydrogen) atoms. The van der Waals surface area contributed by atoms with Crippen molar-refractivity contribution in [1.82, 2.24) is 4.98 Å². The summed E-state index contributed by atoms with van der Waals surface area (Å²) in [5.41, 5.74) is 9.40. The number of hydrogen-bond donors (Lipinski definition) is 1. The Balaban J connectivity index is 1.73. The third-order valence-electron chi connectivity index (χ3n) is 5.47. The van der Waals surface area contributed by atoms with Crippen LogP contribution in [0.3, 0.4) is 0 Å². The summed E-state index contributed by atoms with van der Waals surface area (Å²) in [6, 6.07) is 15.9. The molecule has 1 amide bonds. The molecular weight excluding hydrogens is 374 g/mol. The van der Waals surface area contributed by atoms with Crippen LogP contribution in [0.1, 0.15) is 30.4 Å². The fraction of sp³-hybridized carbons (Fsp3) is 0.273. The molecule has 4 rings (SSSR count). The average Bonchev–Trinajstić information content (AvgIpc) is 2.69. The Morgan fingerprint density at radius 3 is 2.82 bits per heavy atom. The monoisotopic (exact) mass is 395 g/mol. The quantitative estimate of drug-likeness (QED) is 0.670. The van der Waals surface area contributed by atoms with Gasteiger partial charge >= 0.3 is 0 Å². The standard InChI is InChI=1S/C22H22ClN3O2/c1-13-9-18(22(24)27)17-5-3-4-6-20(17)26(13)12-15-10-14-7-8-16(28-2)11-19(14)25-21(15)23/h3-8,10-11,13,18H,9,12H2,1-2H3,(H2,24,27)/t13-,18-/m0/s1. The molecular formula is C22H22ClN3O2. The number of benzene rings is 2. The van der Waals surface area contributed by atoms with Crippen molar-refractivity contribution in [3.8, 4) is 5.75 Å². The van der Waals surface area contributed by atoms with Crippen molar-refractivity contribution < 1.29 is 9.53 Å². The molecule has 0 unspecified atom stereocenters. The first-order valence-corrected chi connectivity index (χ1v) is 9.63. The van der Waals surface area contributed by atoms with Crippen LogP contribution in [0.15, 0.2) is 48.5 Å². The number of carbonyl (C=O) groups is 1. The molecule has 1 aliphatic rings. The van der Waals surface area contributed by atoms with Crippen molar-refractivity contribution in [2.75, 3.05) is 12.0 Å². The van der Waals surface area contributed by atoms with Crippen LogP contribution >= 0.6 is 11.6 Å². The second kappa shape index (κ2) is 7.32. The Bertz CT molecular complexity index is 1050. The van der Waals surface area contributed by atoms with E-state index in [-0.39, 0.29) is 17.9 Å². The second-order valence-corrected chi connectivity index (χ2v) is 7.58. The molecule has 6 heteroatoms. The highest BCUT2D eigenvalue weighted by atomic mass is 35.5. The van der Waals surface area contributed by atoms with E-state index in [0.29, 0.717) is 18.1 Å². The van der Waals surface area contributed by atoms with Crippen LogP contribution in [-0.4, -0.2) is 24.0 Å². The van der Waals surface area contributed by atoms with Gasteiger partial charge in [-0.25, -0.2) is 4.98 Å². The van der Waals surface area contributed by atoms with Crippen molar-refractivity contribution in [3.05, 3.63) is 64.8 Å². The van der Waals surface area contributed by atoms with Crippen molar-refractivity contribution in [3.63, 3.8) is 0 Å². The lowest BCUT2D eigenvalue weighted by atomic mass is 9.85. The molecule has 0 aliphatic carbocycles. The van der Waals surface area contributed by atoms with E-state index in [9.17, 15) is 4.79 Å². The number of ether oxygens (including phenoxy) is 1. The van der Waals surface area contributed by atoms with Gasteiger partial charge in [0.05, 0.1) is 18.5 Å². The molecule has 0 radical (unpaired) electrons. The number of nitrogens with two attached hydrogens (primary N) is 1. The summed E-state index contributed by atoms with van der Waals surface area (Å²) >= 11 is 6.52. The van der Waals surface area contributed by atoms with Gasteiger partial charge in [0, 0.05) is 35.3 Å². The van der Waals surface area contributed by atoms with Crippen molar-refractivity contribution >= 4 is 34.1 Å². The predicted molar refractivity (Wildman–Crippen MR) is 112 cm³/mol. The number of methoxy groups -OCH3 is 1. The zero-order valence-corrected chi connectivity index (χ0v) is 16.6. The highest BCUT2D eigenvalue weighted by Crippen LogP contribution is 2.39. The van der Waals surface area contributed by atoms with Gasteiger partial charge in [0.2, 0.25) is 5.91 Å². The summed E-state index contributed by atoms with van der Waals surface area (Å²) in [6.07, 6.45) is 0.683. The van der Waals surface area contributed by atoms with E-state index in [4.69, 9.17) is 22.1 Å². The molecule has 2 atom stereocenters. The summed E-state index contributed by atoms with van der Waals surface area (Å²) in [5.74, 6) is 0.207. The highest BCUT2D eigenvalue weighted by Gasteiger charge is 2.33. The molecule has 1 aromatic heterocycles. The van der Waals surface area contributed by atoms with Crippen LogP contribution in [0.2, 0.25) is 5.15 Å². The van der Waals surface area contributed by atoms with E-state index in [1.807, 2.05) is 42.5 Å². The van der Waals surface area contributed by atoms with Gasteiger partial charge in [-0.1, -0.05) is 29.8 Å². The van der Waals surface area contributed by atoms with Crippen LogP contribution in [0.4, 0.5) is 5.69 Å². The van der Waals surface area contributed by atoms with Crippen LogP contribution in [0.25, 0.3) is 10.9 Å². The molecule has 0 saturated heterocycles. The summed E-state index contributed by atoms with van der Waals surface area (Å²) in [7, 11) is 1.63. The number of nitrogens with zero attached hydrogens (tertiary/aromatic N) is 2. The first-order valence-electron chi connectivity index (χ1n) is 9.26. The lowest BCUT2D eigenvalue weighted by molar-refractivity contribution is -0.119. The van der Waals surface area contributed by atoms with Gasteiger partial charge in [0.15, 0.2) is 0 Å². The van der Waals surface area contributed by atoms with Crippen molar-refractivity contribution in [1.29, 1.82) is 0 Å². The number of anilines is 1. The highest BCUT2D eigenvalue weighted by molar-refractivity contribution is 6.30. The minimum absolute atomic E-state index is 0.148. The number of rotatable bonds is 4. The van der Waals surface area contributed by atoms with Gasteiger partial charge in [0.1, 0.15) is 10.9 Å². The zero-order valence-electron chi connectivity index (χ0n) is 15.9. The summed E-state index contributed by atoms with van der Waals surface area (Å²) < 4.78 is 5.27. The molecule has 144 valence electrons. The first kappa shape index (κ1) is 18.6. The molecule has 0 bridgehead atoms. The molecule has 2 heterocycles. The molecule has 0 spiro atoms. The van der Waals surface area contributed by atoms with Crippen molar-refractivity contribution in [2.45, 2.75) is 31.8 Å². The number of fused-ring (bicyclic) bond motifs is 2. The van der Waals surface area contributed by atoms with E-state index in [0.717, 1.165) is 33.5 Å². The van der Waals surface area contributed by atoms with Gasteiger partial charge in [-0.2, -0.15) is 0 Å². The lowest BCUT2D eigenvalue weighted by Crippen LogP contribution is -2.41. The van der Waals surface area contributed by atoms with Gasteiger partial charge < -0.3 is 15.4 Å². The SMILES string of the molecule is COc1ccc2cc(CN3c4ccccc4[C@@H](C(N)=O)C[C@@H]3C)c(Cl)nc2c1. The normalized spacial score (nSPS) is 18.8. The van der Waals surface area contributed by atoms with E-state index in [1.54, 1.807) is 7.11 Å². The first-order chi connectivity index (χ1) is 13.5. The van der Waals surface area contributed by atoms with Crippen LogP contribution in [0, 0.1) is 0 Å². The number of aromatic nitrogens is 1. The minimum atomic E-state index is -0.279. The zero-order chi connectivity index (χ0) is 19.8. The van der Waals surface area contributed by atoms with E-state index in [1.165, 1.54) is 0 Å². The van der Waals surface area contributed by atoms with E-state index < -0.39 is 0 Å². The number of pyridine rings is 1. The smallest absolute Gasteiger partial charge is 0.225 e. The fourth-order valence-electron chi connectivity index (χ4n) is 3.98. The molecule has 2 aromatic carbocycles. The summed E-state index contributed by atoms with van der Waals surface area (Å²) in [6.45, 7) is 2.72. The number of halogens is 1. The predicted octanol–water partition coefficient (Wildman–Crippen LogP) is 4.26. The average molecular weight is 396 g/mol. The Morgan fingerprint density at radius 2 is 2.07 bits per heavy atom. The summed E-state index contributed by atoms with van der Waals surface area (Å²) in [4.78, 5) is 18.8. The maximum absolute atomic E-state index is 11.9. The van der Waals surface area contributed by atoms with Crippen LogP contribution in [-0.2, 0) is 11.3 Å². The van der Waals surface area contributed by atoms with E-state index >= 15 is 0 Å². The number of hydrogen-bond acceptors (Lipinski definition) is 4. The maximum Gasteiger partial charge on any atom is 0.225 e. The van der Waals surface area contributed by atoms with Gasteiger partial charge in [-0.05, 0) is 43.2 Å². The molecule has 5 nitrogen and oxygen atoms in total. The second-order valence-electron chi connectivity index (χ2n) is 7.22. The number of amides is 1. The largest absolute Gasteiger partial charge is 0.497 e. The van der Waals surface area contributed by atoms with E-state index in [2.05, 4.69) is 22.9 Å². The molecule has 0 fully saturated rings. The maximum atomic E-state index is 11.9. The molecule has 3 aromatic rings. The topological polar surface area (TPSA) is 68.5 Å². The van der Waals surface area contributed by atoms with Crippen LogP contribution in [0.5, 0.6) is 5.75 Å². The summed E-state index contributed by atoms with van der Waals surface area (Å²) in [5, 5.41) is 1.48. The Kier molecular flexibility index (Phi) is 4.85. The van der Waals surface area contributed by atoms with Gasteiger partial charge in [-0.15, -0.1) is 0 Å². The lowest BCUT2D eigenvalue weighted by Gasteiger charge is -2.40. The molecule has 0 saturated carbocycles. The Hall–Kier alpha value is -2.79. The van der Waals surface area contributed by atoms with Gasteiger partial charge in [-0.3, -0.25) is 4.79 Å². The van der Waals surface area contributed by atoms with Crippen molar-refractivity contribution in [2.24, 2.45) is 5.73 Å². The molecule has 2 N–H and O–H groups in total. The minimum Gasteiger partial charge on any atom is -0.497 e. The Labute approximate surface area is 169 Å². The number of carbonyl (C=O) groups excluding carboxylic acids is 1. The molecule has 1 aliphatic heterocycles. The Morgan fingerprint density at radius 1 is 1.29 bits per heavy atom. The van der Waals surface area contributed by atoms with Crippen LogP contribution < -0.4 is 15.4 Å². The fourth-order valence-corrected chi connectivity index (χ4v) is 4.18.